The first kappa shape index (κ1) is 19.3. The van der Waals surface area contributed by atoms with Gasteiger partial charge >= 0.3 is 11.9 Å². The highest BCUT2D eigenvalue weighted by molar-refractivity contribution is 5.83. The molecule has 4 rings (SSSR count). The first-order valence-electron chi connectivity index (χ1n) is 9.30. The predicted molar refractivity (Wildman–Crippen MR) is 100 cm³/mol. The van der Waals surface area contributed by atoms with E-state index in [2.05, 4.69) is 9.97 Å². The molecule has 3 N–H and O–H groups in total. The Morgan fingerprint density at radius 3 is 2.38 bits per heavy atom. The van der Waals surface area contributed by atoms with Gasteiger partial charge in [-0.2, -0.15) is 18.2 Å². The van der Waals surface area contributed by atoms with Crippen LogP contribution in [0.4, 0.5) is 24.7 Å². The minimum Gasteiger partial charge on any atom is -0.383 e. The quantitative estimate of drug-likeness (QED) is 0.809. The standard InChI is InChI=1S/C19H20F3N5O2/c20-19(21,22)12-3-1-11(2-4-12)13-9-14(13)17(28)27-7-5-26(6-8-27)15-10-24-18(29)25-16(15)23/h1-4,10,13-14H,5-9H2,(H3,23,24,25,29)/t13-,14+/m0/s1. The third-order valence-corrected chi connectivity index (χ3v) is 5.53. The zero-order valence-electron chi connectivity index (χ0n) is 15.4. The van der Waals surface area contributed by atoms with Crippen LogP contribution in [0.5, 0.6) is 0 Å². The number of nitrogens with two attached hydrogens (primary N) is 1. The summed E-state index contributed by atoms with van der Waals surface area (Å²) in [6.45, 7) is 2.13. The highest BCUT2D eigenvalue weighted by atomic mass is 19.4. The van der Waals surface area contributed by atoms with Crippen LogP contribution in [0.3, 0.4) is 0 Å². The van der Waals surface area contributed by atoms with Crippen molar-refractivity contribution in [3.05, 3.63) is 52.1 Å². The summed E-state index contributed by atoms with van der Waals surface area (Å²) < 4.78 is 38.1. The Kier molecular flexibility index (Phi) is 4.71. The van der Waals surface area contributed by atoms with Crippen LogP contribution in [0.25, 0.3) is 0 Å². The van der Waals surface area contributed by atoms with Gasteiger partial charge in [-0.15, -0.1) is 0 Å². The summed E-state index contributed by atoms with van der Waals surface area (Å²) in [5.74, 6) is 0.0661. The molecular formula is C19H20F3N5O2. The summed E-state index contributed by atoms with van der Waals surface area (Å²) >= 11 is 0. The number of alkyl halides is 3. The number of hydrogen-bond donors (Lipinski definition) is 2. The lowest BCUT2D eigenvalue weighted by molar-refractivity contribution is -0.137. The van der Waals surface area contributed by atoms with Crippen LogP contribution in [-0.4, -0.2) is 47.0 Å². The van der Waals surface area contributed by atoms with Crippen molar-refractivity contribution in [1.29, 1.82) is 0 Å². The first-order chi connectivity index (χ1) is 13.7. The van der Waals surface area contributed by atoms with Gasteiger partial charge in [-0.05, 0) is 30.0 Å². The van der Waals surface area contributed by atoms with Crippen molar-refractivity contribution in [2.75, 3.05) is 36.8 Å². The normalized spacial score (nSPS) is 21.9. The number of halogens is 3. The van der Waals surface area contributed by atoms with Crippen LogP contribution < -0.4 is 16.3 Å². The van der Waals surface area contributed by atoms with Crippen molar-refractivity contribution in [2.45, 2.75) is 18.5 Å². The van der Waals surface area contributed by atoms with Gasteiger partial charge in [-0.25, -0.2) is 4.79 Å². The first-order valence-corrected chi connectivity index (χ1v) is 9.30. The van der Waals surface area contributed by atoms with Gasteiger partial charge in [0, 0.05) is 32.1 Å². The SMILES string of the molecule is Nc1[nH]c(=O)ncc1N1CCN(C(=O)[C@@H]2C[C@H]2c2ccc(C(F)(F)F)cc2)CC1. The molecule has 2 atom stereocenters. The van der Waals surface area contributed by atoms with E-state index in [1.807, 2.05) is 4.90 Å². The maximum Gasteiger partial charge on any atom is 0.416 e. The molecule has 1 saturated carbocycles. The summed E-state index contributed by atoms with van der Waals surface area (Å²) in [6.07, 6.45) is -2.28. The number of nitrogens with zero attached hydrogens (tertiary/aromatic N) is 3. The summed E-state index contributed by atoms with van der Waals surface area (Å²) in [5.41, 5.74) is 6.04. The molecule has 1 aromatic carbocycles. The van der Waals surface area contributed by atoms with Crippen LogP contribution in [0.1, 0.15) is 23.5 Å². The third kappa shape index (κ3) is 3.92. The fourth-order valence-electron chi connectivity index (χ4n) is 3.81. The molecule has 1 aromatic heterocycles. The highest BCUT2D eigenvalue weighted by Crippen LogP contribution is 2.49. The van der Waals surface area contributed by atoms with E-state index >= 15 is 0 Å². The number of aromatic amines is 1. The van der Waals surface area contributed by atoms with E-state index in [1.54, 1.807) is 4.90 Å². The van der Waals surface area contributed by atoms with E-state index in [4.69, 9.17) is 5.73 Å². The topological polar surface area (TPSA) is 95.3 Å². The van der Waals surface area contributed by atoms with Crippen molar-refractivity contribution >= 4 is 17.4 Å². The molecule has 1 amide bonds. The molecule has 0 spiro atoms. The van der Waals surface area contributed by atoms with Gasteiger partial charge in [-0.1, -0.05) is 12.1 Å². The number of piperazine rings is 1. The Labute approximate surface area is 164 Å². The Morgan fingerprint density at radius 1 is 1.14 bits per heavy atom. The minimum atomic E-state index is -4.36. The Hall–Kier alpha value is -3.04. The summed E-state index contributed by atoms with van der Waals surface area (Å²) in [7, 11) is 0. The Bertz CT molecular complexity index is 965. The number of nitrogens with one attached hydrogen (secondary N) is 1. The molecule has 1 aliphatic heterocycles. The largest absolute Gasteiger partial charge is 0.416 e. The monoisotopic (exact) mass is 407 g/mol. The van der Waals surface area contributed by atoms with E-state index in [0.717, 1.165) is 17.7 Å². The lowest BCUT2D eigenvalue weighted by Gasteiger charge is -2.36. The van der Waals surface area contributed by atoms with Crippen LogP contribution >= 0.6 is 0 Å². The maximum absolute atomic E-state index is 12.8. The molecule has 1 aliphatic carbocycles. The number of rotatable bonds is 3. The highest BCUT2D eigenvalue weighted by Gasteiger charge is 2.46. The zero-order valence-corrected chi connectivity index (χ0v) is 15.4. The Balaban J connectivity index is 1.34. The van der Waals surface area contributed by atoms with Gasteiger partial charge in [0.15, 0.2) is 0 Å². The average molecular weight is 407 g/mol. The van der Waals surface area contributed by atoms with Crippen LogP contribution in [0.15, 0.2) is 35.3 Å². The number of benzene rings is 1. The number of aromatic nitrogens is 2. The molecule has 7 nitrogen and oxygen atoms in total. The molecule has 2 aliphatic rings. The fourth-order valence-corrected chi connectivity index (χ4v) is 3.81. The lowest BCUT2D eigenvalue weighted by atomic mass is 10.1. The van der Waals surface area contributed by atoms with Gasteiger partial charge in [0.2, 0.25) is 5.91 Å². The molecule has 29 heavy (non-hydrogen) atoms. The van der Waals surface area contributed by atoms with Gasteiger partial charge in [0.05, 0.1) is 17.4 Å². The van der Waals surface area contributed by atoms with E-state index in [1.165, 1.54) is 18.3 Å². The van der Waals surface area contributed by atoms with E-state index < -0.39 is 17.4 Å². The number of amides is 1. The molecule has 0 bridgehead atoms. The van der Waals surface area contributed by atoms with Gasteiger partial charge in [0.1, 0.15) is 5.82 Å². The van der Waals surface area contributed by atoms with Crippen molar-refractivity contribution in [1.82, 2.24) is 14.9 Å². The molecule has 2 aromatic rings. The summed E-state index contributed by atoms with van der Waals surface area (Å²) in [5, 5.41) is 0. The molecule has 10 heteroatoms. The van der Waals surface area contributed by atoms with Crippen molar-refractivity contribution in [2.24, 2.45) is 5.92 Å². The summed E-state index contributed by atoms with van der Waals surface area (Å²) in [4.78, 5) is 33.8. The van der Waals surface area contributed by atoms with Gasteiger partial charge in [0.25, 0.3) is 0 Å². The molecule has 2 heterocycles. The molecule has 0 unspecified atom stereocenters. The average Bonchev–Trinajstić information content (AvgIpc) is 3.48. The molecule has 1 saturated heterocycles. The van der Waals surface area contributed by atoms with E-state index in [9.17, 15) is 22.8 Å². The minimum absolute atomic E-state index is 0.0261. The smallest absolute Gasteiger partial charge is 0.383 e. The van der Waals surface area contributed by atoms with E-state index in [-0.39, 0.29) is 23.6 Å². The van der Waals surface area contributed by atoms with Crippen LogP contribution in [0, 0.1) is 5.92 Å². The second-order valence-corrected chi connectivity index (χ2v) is 7.37. The molecule has 2 fully saturated rings. The number of hydrogen-bond acceptors (Lipinski definition) is 5. The second kappa shape index (κ2) is 7.09. The van der Waals surface area contributed by atoms with Crippen molar-refractivity contribution in [3.8, 4) is 0 Å². The number of H-pyrrole nitrogens is 1. The molecular weight excluding hydrogens is 387 g/mol. The molecule has 0 radical (unpaired) electrons. The van der Waals surface area contributed by atoms with Gasteiger partial charge < -0.3 is 15.5 Å². The number of carbonyl (C=O) groups excluding carboxylic acids is 1. The van der Waals surface area contributed by atoms with Crippen LogP contribution in [0.2, 0.25) is 0 Å². The maximum atomic E-state index is 12.8. The number of anilines is 2. The number of nitrogen functional groups attached to an aromatic ring is 1. The van der Waals surface area contributed by atoms with Crippen molar-refractivity contribution in [3.63, 3.8) is 0 Å². The summed E-state index contributed by atoms with van der Waals surface area (Å²) in [6, 6.07) is 5.06. The predicted octanol–water partition coefficient (Wildman–Crippen LogP) is 1.82. The number of carbonyl (C=O) groups is 1. The van der Waals surface area contributed by atoms with Gasteiger partial charge in [-0.3, -0.25) is 9.78 Å². The van der Waals surface area contributed by atoms with E-state index in [0.29, 0.717) is 38.3 Å². The molecule has 154 valence electrons. The fraction of sp³-hybridized carbons (Fsp3) is 0.421. The lowest BCUT2D eigenvalue weighted by Crippen LogP contribution is -2.49. The Morgan fingerprint density at radius 2 is 1.79 bits per heavy atom. The van der Waals surface area contributed by atoms with Crippen molar-refractivity contribution < 1.29 is 18.0 Å². The second-order valence-electron chi connectivity index (χ2n) is 7.37. The van der Waals surface area contributed by atoms with Crippen LogP contribution in [-0.2, 0) is 11.0 Å². The zero-order chi connectivity index (χ0) is 20.8. The third-order valence-electron chi connectivity index (χ3n) is 5.53.